The van der Waals surface area contributed by atoms with E-state index in [2.05, 4.69) is 15.6 Å². The molecule has 0 bridgehead atoms. The Labute approximate surface area is 261 Å². The van der Waals surface area contributed by atoms with E-state index in [9.17, 15) is 31.6 Å². The molecule has 3 atom stereocenters. The van der Waals surface area contributed by atoms with Crippen LogP contribution in [0.2, 0.25) is 0 Å². The third-order valence-corrected chi connectivity index (χ3v) is 8.83. The molecule has 2 aromatic carbocycles. The van der Waals surface area contributed by atoms with E-state index >= 15 is 0 Å². The number of amides is 1. The molecule has 0 spiro atoms. The Bertz CT molecular complexity index is 1570. The number of aromatic amines is 1. The summed E-state index contributed by atoms with van der Waals surface area (Å²) in [6.45, 7) is 4.26. The van der Waals surface area contributed by atoms with Gasteiger partial charge in [-0.1, -0.05) is 44.5 Å². The number of sulfone groups is 1. The fourth-order valence-electron chi connectivity index (χ4n) is 4.63. The SMILES string of the molecule is CCCCS(=O)(=O)C[C@@H](NC(=O)c1ccc(=O)[nH]c1)C(=O)O[C@H](CNCc1cccc(CC)c1)C(N)Cc1cc(F)cc(F)c1. The second-order valence-corrected chi connectivity index (χ2v) is 13.1. The second-order valence-electron chi connectivity index (χ2n) is 10.9. The van der Waals surface area contributed by atoms with Crippen molar-refractivity contribution in [2.24, 2.45) is 5.73 Å². The first kappa shape index (κ1) is 35.5. The van der Waals surface area contributed by atoms with Crippen LogP contribution >= 0.6 is 0 Å². The van der Waals surface area contributed by atoms with Crippen LogP contribution in [0, 0.1) is 11.6 Å². The lowest BCUT2D eigenvalue weighted by atomic mass is 10.0. The van der Waals surface area contributed by atoms with Crippen molar-refractivity contribution in [1.82, 2.24) is 15.6 Å². The van der Waals surface area contributed by atoms with E-state index < -0.39 is 62.8 Å². The zero-order valence-electron chi connectivity index (χ0n) is 25.4. The Morgan fingerprint density at radius 2 is 1.71 bits per heavy atom. The maximum atomic E-state index is 13.9. The summed E-state index contributed by atoms with van der Waals surface area (Å²) in [6, 6.07) is 10.6. The molecule has 0 aliphatic rings. The molecule has 0 aliphatic carbocycles. The highest BCUT2D eigenvalue weighted by atomic mass is 32.2. The van der Waals surface area contributed by atoms with Gasteiger partial charge in [0.2, 0.25) is 5.56 Å². The van der Waals surface area contributed by atoms with Gasteiger partial charge in [0.1, 0.15) is 23.8 Å². The van der Waals surface area contributed by atoms with Crippen molar-refractivity contribution in [3.63, 3.8) is 0 Å². The Morgan fingerprint density at radius 3 is 2.36 bits per heavy atom. The lowest BCUT2D eigenvalue weighted by molar-refractivity contribution is -0.151. The van der Waals surface area contributed by atoms with Crippen LogP contribution in [0.25, 0.3) is 0 Å². The third kappa shape index (κ3) is 11.8. The number of ether oxygens (including phenoxy) is 1. The van der Waals surface area contributed by atoms with Crippen molar-refractivity contribution in [2.75, 3.05) is 18.1 Å². The van der Waals surface area contributed by atoms with Crippen LogP contribution in [0.1, 0.15) is 53.7 Å². The summed E-state index contributed by atoms with van der Waals surface area (Å²) in [7, 11) is -3.80. The number of carbonyl (C=O) groups is 2. The van der Waals surface area contributed by atoms with Gasteiger partial charge in [-0.15, -0.1) is 0 Å². The number of carbonyl (C=O) groups excluding carboxylic acids is 2. The fourth-order valence-corrected chi connectivity index (χ4v) is 6.25. The van der Waals surface area contributed by atoms with Crippen LogP contribution < -0.4 is 21.9 Å². The summed E-state index contributed by atoms with van der Waals surface area (Å²) >= 11 is 0. The molecule has 0 saturated carbocycles. The number of unbranched alkanes of at least 4 members (excludes halogenated alkanes) is 1. The lowest BCUT2D eigenvalue weighted by Gasteiger charge is -2.27. The fraction of sp³-hybridized carbons (Fsp3) is 0.406. The first-order valence-electron chi connectivity index (χ1n) is 14.8. The first-order valence-corrected chi connectivity index (χ1v) is 16.6. The second kappa shape index (κ2) is 16.9. The van der Waals surface area contributed by atoms with E-state index in [4.69, 9.17) is 10.5 Å². The minimum Gasteiger partial charge on any atom is -0.458 e. The summed E-state index contributed by atoms with van der Waals surface area (Å²) in [5.41, 5.74) is 8.30. The number of hydrogen-bond donors (Lipinski definition) is 4. The molecule has 0 aliphatic heterocycles. The van der Waals surface area contributed by atoms with E-state index in [1.807, 2.05) is 38.1 Å². The Hall–Kier alpha value is -3.94. The van der Waals surface area contributed by atoms with E-state index in [1.165, 1.54) is 6.07 Å². The minimum absolute atomic E-state index is 0.00397. The van der Waals surface area contributed by atoms with Crippen LogP contribution in [0.3, 0.4) is 0 Å². The van der Waals surface area contributed by atoms with Crippen LogP contribution in [0.5, 0.6) is 0 Å². The van der Waals surface area contributed by atoms with Crippen LogP contribution in [-0.4, -0.2) is 61.5 Å². The number of hydrogen-bond acceptors (Lipinski definition) is 8. The molecule has 0 saturated heterocycles. The van der Waals surface area contributed by atoms with Crippen LogP contribution in [0.15, 0.2) is 65.6 Å². The Kier molecular flexibility index (Phi) is 13.4. The van der Waals surface area contributed by atoms with Gasteiger partial charge in [-0.05, 0) is 54.2 Å². The molecule has 3 rings (SSSR count). The molecule has 13 heteroatoms. The number of H-pyrrole nitrogens is 1. The number of pyridine rings is 1. The van der Waals surface area contributed by atoms with Gasteiger partial charge in [0, 0.05) is 37.5 Å². The van der Waals surface area contributed by atoms with Crippen molar-refractivity contribution in [2.45, 2.75) is 64.3 Å². The van der Waals surface area contributed by atoms with E-state index in [0.29, 0.717) is 19.4 Å². The number of rotatable bonds is 17. The predicted octanol–water partition coefficient (Wildman–Crippen LogP) is 2.80. The van der Waals surface area contributed by atoms with Crippen LogP contribution in [-0.2, 0) is 38.8 Å². The van der Waals surface area contributed by atoms with Crippen LogP contribution in [0.4, 0.5) is 8.78 Å². The highest BCUT2D eigenvalue weighted by Crippen LogP contribution is 2.14. The summed E-state index contributed by atoms with van der Waals surface area (Å²) in [4.78, 5) is 40.3. The molecule has 3 aromatic rings. The highest BCUT2D eigenvalue weighted by molar-refractivity contribution is 7.91. The smallest absolute Gasteiger partial charge is 0.330 e. The predicted molar refractivity (Wildman–Crippen MR) is 167 cm³/mol. The van der Waals surface area contributed by atoms with E-state index in [0.717, 1.165) is 48.0 Å². The Balaban J connectivity index is 1.84. The largest absolute Gasteiger partial charge is 0.458 e. The number of esters is 1. The van der Waals surface area contributed by atoms with E-state index in [-0.39, 0.29) is 29.8 Å². The van der Waals surface area contributed by atoms with Gasteiger partial charge in [-0.2, -0.15) is 0 Å². The Morgan fingerprint density at radius 1 is 1.00 bits per heavy atom. The molecule has 1 heterocycles. The zero-order chi connectivity index (χ0) is 33.0. The molecule has 5 N–H and O–H groups in total. The van der Waals surface area contributed by atoms with Gasteiger partial charge >= 0.3 is 5.97 Å². The standard InChI is InChI=1S/C32H40F2N4O6S/c1-3-5-11-45(42,43)20-28(38-31(40)24-9-10-30(39)37-18-24)32(41)44-29(19-36-17-22-8-6-7-21(4-2)12-22)27(35)15-23-13-25(33)16-26(34)14-23/h6-10,12-14,16,18,27-29,36H,3-5,11,15,17,19-20,35H2,1-2H3,(H,37,39)(H,38,40)/t27?,28-,29-/m1/s1. The molecule has 0 radical (unpaired) electrons. The first-order chi connectivity index (χ1) is 21.4. The highest BCUT2D eigenvalue weighted by Gasteiger charge is 2.32. The molecule has 1 unspecified atom stereocenters. The summed E-state index contributed by atoms with van der Waals surface area (Å²) < 4.78 is 59.2. The van der Waals surface area contributed by atoms with Gasteiger partial charge < -0.3 is 26.1 Å². The molecule has 1 amide bonds. The number of halogens is 2. The third-order valence-electron chi connectivity index (χ3n) is 7.08. The number of benzene rings is 2. The van der Waals surface area contributed by atoms with Crippen molar-refractivity contribution in [3.05, 3.63) is 105 Å². The number of nitrogens with one attached hydrogen (secondary N) is 3. The van der Waals surface area contributed by atoms with Gasteiger partial charge in [-0.3, -0.25) is 9.59 Å². The molecular weight excluding hydrogens is 606 g/mol. The monoisotopic (exact) mass is 646 g/mol. The van der Waals surface area contributed by atoms with E-state index in [1.54, 1.807) is 0 Å². The topological polar surface area (TPSA) is 160 Å². The average Bonchev–Trinajstić information content (AvgIpc) is 2.99. The average molecular weight is 647 g/mol. The molecule has 244 valence electrons. The molecular formula is C32H40F2N4O6S. The maximum Gasteiger partial charge on any atom is 0.330 e. The van der Waals surface area contributed by atoms with Gasteiger partial charge in [0.25, 0.3) is 5.91 Å². The summed E-state index contributed by atoms with van der Waals surface area (Å²) in [6.07, 6.45) is 1.80. The van der Waals surface area contributed by atoms with Gasteiger partial charge in [-0.25, -0.2) is 22.0 Å². The molecule has 10 nitrogen and oxygen atoms in total. The number of aromatic nitrogens is 1. The molecule has 0 fully saturated rings. The number of nitrogens with two attached hydrogens (primary N) is 1. The van der Waals surface area contributed by atoms with Gasteiger partial charge in [0.15, 0.2) is 9.84 Å². The minimum atomic E-state index is -3.80. The summed E-state index contributed by atoms with van der Waals surface area (Å²) in [5.74, 6) is -4.36. The van der Waals surface area contributed by atoms with Gasteiger partial charge in [0.05, 0.1) is 17.1 Å². The van der Waals surface area contributed by atoms with Crippen molar-refractivity contribution >= 4 is 21.7 Å². The van der Waals surface area contributed by atoms with Crippen molar-refractivity contribution < 1.29 is 31.5 Å². The van der Waals surface area contributed by atoms with Crippen molar-refractivity contribution in [3.8, 4) is 0 Å². The summed E-state index contributed by atoms with van der Waals surface area (Å²) in [5, 5.41) is 5.60. The van der Waals surface area contributed by atoms with Crippen molar-refractivity contribution in [1.29, 1.82) is 0 Å². The zero-order valence-corrected chi connectivity index (χ0v) is 26.2. The normalized spacial score (nSPS) is 13.5. The lowest BCUT2D eigenvalue weighted by Crippen LogP contribution is -2.52. The number of aryl methyl sites for hydroxylation is 1. The maximum absolute atomic E-state index is 13.9. The molecule has 45 heavy (non-hydrogen) atoms. The molecule has 1 aromatic heterocycles. The quantitative estimate of drug-likeness (QED) is 0.163.